The minimum atomic E-state index is -0.222. The molecule has 1 N–H and O–H groups in total. The number of benzene rings is 1. The third-order valence-corrected chi connectivity index (χ3v) is 2.87. The molecule has 0 bridgehead atoms. The maximum Gasteiger partial charge on any atom is 0.138 e. The molecule has 3 aromatic rings. The summed E-state index contributed by atoms with van der Waals surface area (Å²) in [5.41, 5.74) is 3.74. The van der Waals surface area contributed by atoms with Crippen molar-refractivity contribution < 1.29 is 4.39 Å². The zero-order chi connectivity index (χ0) is 11.8. The molecule has 0 saturated carbocycles. The van der Waals surface area contributed by atoms with E-state index in [0.29, 0.717) is 0 Å². The highest BCUT2D eigenvalue weighted by atomic mass is 19.1. The second-order valence-corrected chi connectivity index (χ2v) is 4.03. The van der Waals surface area contributed by atoms with Gasteiger partial charge < -0.3 is 4.98 Å². The van der Waals surface area contributed by atoms with Gasteiger partial charge in [0.25, 0.3) is 0 Å². The quantitative estimate of drug-likeness (QED) is 0.673. The molecule has 0 amide bonds. The summed E-state index contributed by atoms with van der Waals surface area (Å²) >= 11 is 0. The van der Waals surface area contributed by atoms with Crippen molar-refractivity contribution in [1.29, 1.82) is 0 Å². The van der Waals surface area contributed by atoms with Gasteiger partial charge in [-0.2, -0.15) is 0 Å². The Morgan fingerprint density at radius 3 is 2.88 bits per heavy atom. The second-order valence-electron chi connectivity index (χ2n) is 4.03. The fraction of sp³-hybridized carbons (Fsp3) is 0.0714. The zero-order valence-electron chi connectivity index (χ0n) is 9.37. The number of H-pyrrole nitrogens is 1. The van der Waals surface area contributed by atoms with Crippen LogP contribution in [0.2, 0.25) is 0 Å². The van der Waals surface area contributed by atoms with Gasteiger partial charge in [-0.3, -0.25) is 0 Å². The van der Waals surface area contributed by atoms with E-state index < -0.39 is 0 Å². The fourth-order valence-corrected chi connectivity index (χ4v) is 2.16. The Balaban J connectivity index is 2.33. The molecule has 2 aromatic heterocycles. The first-order valence-electron chi connectivity index (χ1n) is 5.45. The summed E-state index contributed by atoms with van der Waals surface area (Å²) in [5, 5.41) is 1.02. The Bertz CT molecular complexity index is 686. The van der Waals surface area contributed by atoms with Gasteiger partial charge in [-0.25, -0.2) is 9.37 Å². The number of hydrogen-bond donors (Lipinski definition) is 1. The van der Waals surface area contributed by atoms with E-state index in [1.165, 1.54) is 6.07 Å². The molecule has 3 rings (SSSR count). The lowest BCUT2D eigenvalue weighted by molar-refractivity contribution is 0.628. The standard InChI is InChI=1S/C14H11FN2/c1-9-13(10-4-2-5-11(15)8-10)12-6-3-7-16-14(12)17-9/h2-8H,1H3,(H,16,17). The number of hydrogen-bond acceptors (Lipinski definition) is 1. The molecule has 2 heterocycles. The van der Waals surface area contributed by atoms with E-state index in [4.69, 9.17) is 0 Å². The van der Waals surface area contributed by atoms with E-state index in [1.54, 1.807) is 18.3 Å². The van der Waals surface area contributed by atoms with Crippen LogP contribution in [-0.4, -0.2) is 9.97 Å². The summed E-state index contributed by atoms with van der Waals surface area (Å²) < 4.78 is 13.3. The number of nitrogens with zero attached hydrogens (tertiary/aromatic N) is 1. The Hall–Kier alpha value is -2.16. The summed E-state index contributed by atoms with van der Waals surface area (Å²) in [7, 11) is 0. The molecule has 84 valence electrons. The van der Waals surface area contributed by atoms with Crippen molar-refractivity contribution in [1.82, 2.24) is 9.97 Å². The molecule has 0 aliphatic rings. The van der Waals surface area contributed by atoms with Gasteiger partial charge in [0.15, 0.2) is 0 Å². The lowest BCUT2D eigenvalue weighted by atomic mass is 10.0. The Morgan fingerprint density at radius 1 is 1.18 bits per heavy atom. The number of aryl methyl sites for hydroxylation is 1. The molecule has 17 heavy (non-hydrogen) atoms. The largest absolute Gasteiger partial charge is 0.343 e. The van der Waals surface area contributed by atoms with Gasteiger partial charge in [0.2, 0.25) is 0 Å². The van der Waals surface area contributed by atoms with Crippen molar-refractivity contribution in [3.8, 4) is 11.1 Å². The van der Waals surface area contributed by atoms with Crippen LogP contribution >= 0.6 is 0 Å². The van der Waals surface area contributed by atoms with Crippen molar-refractivity contribution >= 4 is 11.0 Å². The molecule has 2 nitrogen and oxygen atoms in total. The monoisotopic (exact) mass is 226 g/mol. The van der Waals surface area contributed by atoms with Crippen LogP contribution in [0.4, 0.5) is 4.39 Å². The van der Waals surface area contributed by atoms with Crippen LogP contribution in [0.3, 0.4) is 0 Å². The smallest absolute Gasteiger partial charge is 0.138 e. The number of aromatic amines is 1. The van der Waals surface area contributed by atoms with Crippen molar-refractivity contribution in [2.45, 2.75) is 6.92 Å². The van der Waals surface area contributed by atoms with Gasteiger partial charge in [0, 0.05) is 22.8 Å². The highest BCUT2D eigenvalue weighted by Crippen LogP contribution is 2.31. The molecule has 0 aliphatic carbocycles. The zero-order valence-corrected chi connectivity index (χ0v) is 9.37. The summed E-state index contributed by atoms with van der Waals surface area (Å²) in [4.78, 5) is 7.47. The SMILES string of the molecule is Cc1[nH]c2ncccc2c1-c1cccc(F)c1. The molecule has 0 saturated heterocycles. The minimum Gasteiger partial charge on any atom is -0.343 e. The number of nitrogens with one attached hydrogen (secondary N) is 1. The van der Waals surface area contributed by atoms with Crippen LogP contribution in [0.1, 0.15) is 5.69 Å². The molecule has 0 atom stereocenters. The van der Waals surface area contributed by atoms with Crippen LogP contribution in [0, 0.1) is 12.7 Å². The first-order valence-corrected chi connectivity index (χ1v) is 5.45. The van der Waals surface area contributed by atoms with Gasteiger partial charge in [0.1, 0.15) is 11.5 Å². The van der Waals surface area contributed by atoms with Gasteiger partial charge in [-0.05, 0) is 36.8 Å². The van der Waals surface area contributed by atoms with E-state index in [-0.39, 0.29) is 5.82 Å². The molecule has 0 unspecified atom stereocenters. The van der Waals surface area contributed by atoms with Crippen molar-refractivity contribution in [2.75, 3.05) is 0 Å². The van der Waals surface area contributed by atoms with Crippen LogP contribution < -0.4 is 0 Å². The van der Waals surface area contributed by atoms with Crippen LogP contribution in [0.25, 0.3) is 22.2 Å². The number of halogens is 1. The third kappa shape index (κ3) is 1.60. The highest BCUT2D eigenvalue weighted by molar-refractivity contribution is 5.95. The Morgan fingerprint density at radius 2 is 2.06 bits per heavy atom. The predicted octanol–water partition coefficient (Wildman–Crippen LogP) is 3.68. The van der Waals surface area contributed by atoms with Gasteiger partial charge in [-0.15, -0.1) is 0 Å². The first kappa shape index (κ1) is 10.0. The lowest BCUT2D eigenvalue weighted by Crippen LogP contribution is -1.81. The average Bonchev–Trinajstić information content (AvgIpc) is 2.64. The molecule has 0 aliphatic heterocycles. The Kier molecular flexibility index (Phi) is 2.18. The van der Waals surface area contributed by atoms with Gasteiger partial charge in [0.05, 0.1) is 0 Å². The van der Waals surface area contributed by atoms with Crippen LogP contribution in [-0.2, 0) is 0 Å². The van der Waals surface area contributed by atoms with E-state index in [1.807, 2.05) is 25.1 Å². The average molecular weight is 226 g/mol. The second kappa shape index (κ2) is 3.70. The highest BCUT2D eigenvalue weighted by Gasteiger charge is 2.10. The van der Waals surface area contributed by atoms with Crippen LogP contribution in [0.5, 0.6) is 0 Å². The number of pyridine rings is 1. The van der Waals surface area contributed by atoms with E-state index in [9.17, 15) is 4.39 Å². The lowest BCUT2D eigenvalue weighted by Gasteiger charge is -2.01. The maximum atomic E-state index is 13.3. The topological polar surface area (TPSA) is 28.7 Å². The molecule has 0 spiro atoms. The number of rotatable bonds is 1. The molecule has 0 fully saturated rings. The van der Waals surface area contributed by atoms with Gasteiger partial charge in [-0.1, -0.05) is 12.1 Å². The Labute approximate surface area is 98.1 Å². The normalized spacial score (nSPS) is 10.9. The first-order chi connectivity index (χ1) is 8.25. The van der Waals surface area contributed by atoms with Gasteiger partial charge >= 0.3 is 0 Å². The van der Waals surface area contributed by atoms with Crippen molar-refractivity contribution in [3.05, 3.63) is 54.1 Å². The van der Waals surface area contributed by atoms with E-state index >= 15 is 0 Å². The summed E-state index contributed by atoms with van der Waals surface area (Å²) in [5.74, 6) is -0.222. The summed E-state index contributed by atoms with van der Waals surface area (Å²) in [6.45, 7) is 1.97. The molecule has 3 heteroatoms. The van der Waals surface area contributed by atoms with Crippen molar-refractivity contribution in [3.63, 3.8) is 0 Å². The molecular weight excluding hydrogens is 215 g/mol. The maximum absolute atomic E-state index is 13.3. The minimum absolute atomic E-state index is 0.222. The van der Waals surface area contributed by atoms with Crippen LogP contribution in [0.15, 0.2) is 42.6 Å². The molecule has 1 aromatic carbocycles. The fourth-order valence-electron chi connectivity index (χ4n) is 2.16. The van der Waals surface area contributed by atoms with E-state index in [2.05, 4.69) is 9.97 Å². The molecule has 0 radical (unpaired) electrons. The van der Waals surface area contributed by atoms with Crippen molar-refractivity contribution in [2.24, 2.45) is 0 Å². The third-order valence-electron chi connectivity index (χ3n) is 2.87. The van der Waals surface area contributed by atoms with E-state index in [0.717, 1.165) is 27.9 Å². The predicted molar refractivity (Wildman–Crippen MR) is 66.2 cm³/mol. The number of aromatic nitrogens is 2. The number of fused-ring (bicyclic) bond motifs is 1. The molecular formula is C14H11FN2. The summed E-state index contributed by atoms with van der Waals surface area (Å²) in [6.07, 6.45) is 1.74. The summed E-state index contributed by atoms with van der Waals surface area (Å²) in [6, 6.07) is 10.5.